The Labute approximate surface area is 223 Å². The fourth-order valence-electron chi connectivity index (χ4n) is 6.78. The molecule has 188 valence electrons. The van der Waals surface area contributed by atoms with Gasteiger partial charge in [-0.3, -0.25) is 4.79 Å². The van der Waals surface area contributed by atoms with Crippen molar-refractivity contribution in [3.8, 4) is 0 Å². The molecular formula is C32H36BrNO2. The van der Waals surface area contributed by atoms with Crippen LogP contribution in [0.25, 0.3) is 0 Å². The van der Waals surface area contributed by atoms with Gasteiger partial charge in [0.15, 0.2) is 5.78 Å². The van der Waals surface area contributed by atoms with Crippen LogP contribution in [0.5, 0.6) is 0 Å². The third kappa shape index (κ3) is 4.95. The van der Waals surface area contributed by atoms with Gasteiger partial charge < -0.3 is 5.11 Å². The molecule has 5 rings (SSSR count). The normalized spacial score (nSPS) is 25.5. The molecule has 3 nitrogen and oxygen atoms in total. The van der Waals surface area contributed by atoms with Crippen molar-refractivity contribution < 1.29 is 9.90 Å². The number of pyridine rings is 1. The van der Waals surface area contributed by atoms with E-state index in [4.69, 9.17) is 0 Å². The van der Waals surface area contributed by atoms with Crippen molar-refractivity contribution in [2.75, 3.05) is 0 Å². The number of aliphatic hydroxyl groups is 1. The predicted molar refractivity (Wildman–Crippen MR) is 148 cm³/mol. The predicted octanol–water partition coefficient (Wildman–Crippen LogP) is 7.34. The summed E-state index contributed by atoms with van der Waals surface area (Å²) in [5.74, 6) is 0.586. The molecule has 0 unspecified atom stereocenters. The number of aromatic nitrogens is 1. The third-order valence-corrected chi connectivity index (χ3v) is 9.38. The SMILES string of the molecule is CC[C@@]1(O)CC[C@@]2(Cc3ccccc3)c3ccc(C(=O)Cc4ccc(Br)nc4C)cc3CCC[C@H]2C1. The zero-order valence-electron chi connectivity index (χ0n) is 21.4. The fraction of sp³-hybridized carbons (Fsp3) is 0.438. The lowest BCUT2D eigenvalue weighted by atomic mass is 9.55. The van der Waals surface area contributed by atoms with E-state index in [-0.39, 0.29) is 11.2 Å². The van der Waals surface area contributed by atoms with Crippen molar-refractivity contribution in [3.63, 3.8) is 0 Å². The summed E-state index contributed by atoms with van der Waals surface area (Å²) in [5.41, 5.74) is 6.20. The fourth-order valence-corrected chi connectivity index (χ4v) is 7.18. The molecule has 1 N–H and O–H groups in total. The molecule has 0 spiro atoms. The molecule has 1 saturated carbocycles. The summed E-state index contributed by atoms with van der Waals surface area (Å²) >= 11 is 3.41. The largest absolute Gasteiger partial charge is 0.390 e. The molecule has 1 heterocycles. The monoisotopic (exact) mass is 545 g/mol. The number of halogens is 1. The third-order valence-electron chi connectivity index (χ3n) is 8.94. The minimum absolute atomic E-state index is 0.00236. The van der Waals surface area contributed by atoms with Crippen LogP contribution in [0.2, 0.25) is 0 Å². The highest BCUT2D eigenvalue weighted by Crippen LogP contribution is 2.54. The Kier molecular flexibility index (Phi) is 7.20. The van der Waals surface area contributed by atoms with Crippen LogP contribution in [-0.2, 0) is 24.7 Å². The Bertz CT molecular complexity index is 1260. The van der Waals surface area contributed by atoms with Crippen LogP contribution in [0.3, 0.4) is 0 Å². The highest BCUT2D eigenvalue weighted by Gasteiger charge is 2.50. The number of carbonyl (C=O) groups is 1. The van der Waals surface area contributed by atoms with Gasteiger partial charge in [-0.2, -0.15) is 0 Å². The molecule has 1 aromatic heterocycles. The van der Waals surface area contributed by atoms with E-state index in [0.717, 1.165) is 72.8 Å². The molecule has 0 bridgehead atoms. The lowest BCUT2D eigenvalue weighted by Gasteiger charge is -2.50. The summed E-state index contributed by atoms with van der Waals surface area (Å²) in [5, 5.41) is 11.3. The Balaban J connectivity index is 1.51. The standard InChI is InChI=1S/C32H36BrNO2/c1-3-31(36)16-17-32(20-23-8-5-4-6-9-23)27(21-31)11-7-10-25-18-26(12-14-28(25)32)29(35)19-24-13-15-30(33)34-22(24)2/h4-6,8-9,12-15,18,27,36H,3,7,10-11,16-17,19-21H2,1-2H3/t27-,31+,32-/m0/s1. The van der Waals surface area contributed by atoms with Gasteiger partial charge in [-0.25, -0.2) is 4.98 Å². The topological polar surface area (TPSA) is 50.2 Å². The highest BCUT2D eigenvalue weighted by atomic mass is 79.9. The van der Waals surface area contributed by atoms with E-state index in [1.165, 1.54) is 16.7 Å². The maximum atomic E-state index is 13.3. The van der Waals surface area contributed by atoms with Gasteiger partial charge in [-0.15, -0.1) is 0 Å². The molecule has 0 radical (unpaired) electrons. The second kappa shape index (κ2) is 10.2. The molecule has 0 aliphatic heterocycles. The van der Waals surface area contributed by atoms with Gasteiger partial charge in [0.05, 0.1) is 5.60 Å². The summed E-state index contributed by atoms with van der Waals surface area (Å²) in [6, 6.07) is 21.2. The van der Waals surface area contributed by atoms with Crippen molar-refractivity contribution in [2.24, 2.45) is 5.92 Å². The molecule has 2 aromatic carbocycles. The Morgan fingerprint density at radius 2 is 1.92 bits per heavy atom. The zero-order valence-corrected chi connectivity index (χ0v) is 23.0. The van der Waals surface area contributed by atoms with Crippen molar-refractivity contribution >= 4 is 21.7 Å². The molecule has 2 aliphatic carbocycles. The van der Waals surface area contributed by atoms with Crippen LogP contribution in [-0.4, -0.2) is 21.5 Å². The maximum Gasteiger partial charge on any atom is 0.167 e. The molecule has 3 aromatic rings. The minimum Gasteiger partial charge on any atom is -0.390 e. The number of aryl methyl sites for hydroxylation is 2. The highest BCUT2D eigenvalue weighted by molar-refractivity contribution is 9.10. The zero-order chi connectivity index (χ0) is 25.3. The van der Waals surface area contributed by atoms with Crippen molar-refractivity contribution in [2.45, 2.75) is 82.7 Å². The van der Waals surface area contributed by atoms with E-state index < -0.39 is 5.60 Å². The van der Waals surface area contributed by atoms with E-state index in [9.17, 15) is 9.90 Å². The van der Waals surface area contributed by atoms with Crippen molar-refractivity contribution in [1.29, 1.82) is 0 Å². The molecule has 4 heteroatoms. The lowest BCUT2D eigenvalue weighted by Crippen LogP contribution is -2.48. The lowest BCUT2D eigenvalue weighted by molar-refractivity contribution is -0.0497. The first-order chi connectivity index (χ1) is 17.3. The Morgan fingerprint density at radius 1 is 1.11 bits per heavy atom. The van der Waals surface area contributed by atoms with Crippen LogP contribution >= 0.6 is 15.9 Å². The number of ketones is 1. The summed E-state index contributed by atoms with van der Waals surface area (Å²) < 4.78 is 0.793. The molecular weight excluding hydrogens is 510 g/mol. The van der Waals surface area contributed by atoms with E-state index in [1.807, 2.05) is 19.1 Å². The van der Waals surface area contributed by atoms with E-state index in [1.54, 1.807) is 0 Å². The maximum absolute atomic E-state index is 13.3. The van der Waals surface area contributed by atoms with Gasteiger partial charge in [0.2, 0.25) is 0 Å². The number of benzene rings is 2. The number of rotatable bonds is 6. The van der Waals surface area contributed by atoms with Crippen LogP contribution in [0, 0.1) is 12.8 Å². The molecule has 1 fully saturated rings. The van der Waals surface area contributed by atoms with Gasteiger partial charge in [0.25, 0.3) is 0 Å². The number of carbonyl (C=O) groups excluding carboxylic acids is 1. The first kappa shape index (κ1) is 25.4. The van der Waals surface area contributed by atoms with Gasteiger partial charge in [-0.1, -0.05) is 55.5 Å². The average molecular weight is 547 g/mol. The quantitative estimate of drug-likeness (QED) is 0.260. The molecule has 0 amide bonds. The van der Waals surface area contributed by atoms with E-state index >= 15 is 0 Å². The first-order valence-corrected chi connectivity index (χ1v) is 14.2. The summed E-state index contributed by atoms with van der Waals surface area (Å²) in [6.07, 6.45) is 8.07. The number of hydrogen-bond acceptors (Lipinski definition) is 3. The first-order valence-electron chi connectivity index (χ1n) is 13.4. The van der Waals surface area contributed by atoms with Crippen molar-refractivity contribution in [1.82, 2.24) is 4.98 Å². The molecule has 36 heavy (non-hydrogen) atoms. The summed E-state index contributed by atoms with van der Waals surface area (Å²) in [4.78, 5) is 17.8. The van der Waals surface area contributed by atoms with E-state index in [0.29, 0.717) is 12.3 Å². The van der Waals surface area contributed by atoms with Crippen LogP contribution in [0.1, 0.15) is 83.8 Å². The number of hydrogen-bond donors (Lipinski definition) is 1. The van der Waals surface area contributed by atoms with Crippen LogP contribution in [0.4, 0.5) is 0 Å². The second-order valence-corrected chi connectivity index (χ2v) is 11.9. The molecule has 0 saturated heterocycles. The molecule has 3 atom stereocenters. The summed E-state index contributed by atoms with van der Waals surface area (Å²) in [6.45, 7) is 4.08. The Hall–Kier alpha value is -2.30. The van der Waals surface area contributed by atoms with Gasteiger partial charge in [0.1, 0.15) is 4.60 Å². The van der Waals surface area contributed by atoms with Crippen LogP contribution in [0.15, 0.2) is 65.3 Å². The second-order valence-electron chi connectivity index (χ2n) is 11.0. The van der Waals surface area contributed by atoms with Gasteiger partial charge >= 0.3 is 0 Å². The average Bonchev–Trinajstić information content (AvgIpc) is 3.02. The summed E-state index contributed by atoms with van der Waals surface area (Å²) in [7, 11) is 0. The van der Waals surface area contributed by atoms with E-state index in [2.05, 4.69) is 76.4 Å². The van der Waals surface area contributed by atoms with Gasteiger partial charge in [-0.05, 0) is 115 Å². The van der Waals surface area contributed by atoms with Gasteiger partial charge in [0, 0.05) is 23.1 Å². The smallest absolute Gasteiger partial charge is 0.167 e. The Morgan fingerprint density at radius 3 is 2.67 bits per heavy atom. The van der Waals surface area contributed by atoms with Crippen molar-refractivity contribution in [3.05, 3.63) is 98.8 Å². The van der Waals surface area contributed by atoms with Crippen LogP contribution < -0.4 is 0 Å². The minimum atomic E-state index is -0.554. The number of Topliss-reactive ketones (excluding diaryl/α,β-unsaturated/α-hetero) is 1. The molecule has 2 aliphatic rings. The number of nitrogens with zero attached hydrogens (tertiary/aromatic N) is 1. The number of fused-ring (bicyclic) bond motifs is 3.